The molecule has 104 valence electrons. The molecule has 2 aliphatic rings. The van der Waals surface area contributed by atoms with Crippen LogP contribution in [0.3, 0.4) is 0 Å². The molecule has 0 bridgehead atoms. The summed E-state index contributed by atoms with van der Waals surface area (Å²) < 4.78 is 5.90. The molecule has 3 rings (SSSR count). The summed E-state index contributed by atoms with van der Waals surface area (Å²) in [5, 5.41) is 3.32. The average molecular weight is 263 g/mol. The van der Waals surface area contributed by atoms with Crippen molar-refractivity contribution in [1.82, 2.24) is 14.9 Å². The van der Waals surface area contributed by atoms with Crippen molar-refractivity contribution in [2.75, 3.05) is 37.3 Å². The van der Waals surface area contributed by atoms with E-state index in [1.54, 1.807) is 6.20 Å². The zero-order chi connectivity index (χ0) is 13.2. The van der Waals surface area contributed by atoms with E-state index in [1.165, 1.54) is 19.4 Å². The van der Waals surface area contributed by atoms with Gasteiger partial charge in [-0.2, -0.15) is 4.98 Å². The minimum absolute atomic E-state index is 0.227. The summed E-state index contributed by atoms with van der Waals surface area (Å²) in [6.45, 7) is 5.82. The molecular weight excluding hydrogens is 242 g/mol. The summed E-state index contributed by atoms with van der Waals surface area (Å²) in [6.07, 6.45) is 4.55. The second kappa shape index (κ2) is 5.30. The maximum atomic E-state index is 5.90. The number of rotatable bonds is 3. The van der Waals surface area contributed by atoms with Crippen LogP contribution in [0.1, 0.15) is 18.4 Å². The molecule has 0 radical (unpaired) electrons. The largest absolute Gasteiger partial charge is 0.373 e. The van der Waals surface area contributed by atoms with Crippen molar-refractivity contribution in [3.8, 4) is 0 Å². The molecule has 0 spiro atoms. The third-order valence-electron chi connectivity index (χ3n) is 3.95. The number of fused-ring (bicyclic) bond motifs is 1. The van der Waals surface area contributed by atoms with E-state index < -0.39 is 0 Å². The van der Waals surface area contributed by atoms with E-state index in [0.717, 1.165) is 31.1 Å². The number of hydrogen-bond acceptors (Lipinski definition) is 6. The number of nitrogens with one attached hydrogen (secondary N) is 1. The third-order valence-corrected chi connectivity index (χ3v) is 3.95. The van der Waals surface area contributed by atoms with E-state index in [0.29, 0.717) is 12.0 Å². The first-order chi connectivity index (χ1) is 9.22. The number of nitrogen functional groups attached to an aromatic ring is 1. The first kappa shape index (κ1) is 12.6. The molecule has 1 aromatic heterocycles. The number of nitrogens with two attached hydrogens (primary N) is 1. The molecule has 2 fully saturated rings. The number of anilines is 2. The van der Waals surface area contributed by atoms with Gasteiger partial charge in [-0.15, -0.1) is 0 Å². The van der Waals surface area contributed by atoms with Gasteiger partial charge in [-0.05, 0) is 26.3 Å². The summed E-state index contributed by atoms with van der Waals surface area (Å²) in [5.74, 6) is 1.11. The highest BCUT2D eigenvalue weighted by Crippen LogP contribution is 2.22. The van der Waals surface area contributed by atoms with Gasteiger partial charge in [-0.25, -0.2) is 4.98 Å². The van der Waals surface area contributed by atoms with Crippen molar-refractivity contribution in [3.63, 3.8) is 0 Å². The Balaban J connectivity index is 1.56. The third kappa shape index (κ3) is 2.79. The minimum atomic E-state index is 0.227. The van der Waals surface area contributed by atoms with Crippen LogP contribution in [0, 0.1) is 6.92 Å². The zero-order valence-electron chi connectivity index (χ0n) is 11.3. The van der Waals surface area contributed by atoms with Gasteiger partial charge in [0, 0.05) is 30.9 Å². The molecule has 0 aromatic carbocycles. The van der Waals surface area contributed by atoms with Crippen molar-refractivity contribution < 1.29 is 4.74 Å². The zero-order valence-corrected chi connectivity index (χ0v) is 11.3. The Morgan fingerprint density at radius 1 is 1.58 bits per heavy atom. The number of ether oxygens (including phenoxy) is 1. The predicted octanol–water partition coefficient (Wildman–Crippen LogP) is 0.642. The van der Waals surface area contributed by atoms with Crippen LogP contribution in [-0.2, 0) is 4.74 Å². The fourth-order valence-electron chi connectivity index (χ4n) is 2.85. The second-order valence-electron chi connectivity index (χ2n) is 5.39. The van der Waals surface area contributed by atoms with Crippen molar-refractivity contribution >= 4 is 11.8 Å². The van der Waals surface area contributed by atoms with Crippen LogP contribution in [0.5, 0.6) is 0 Å². The summed E-state index contributed by atoms with van der Waals surface area (Å²) in [6, 6.07) is 0.646. The van der Waals surface area contributed by atoms with Crippen molar-refractivity contribution in [3.05, 3.63) is 11.8 Å². The lowest BCUT2D eigenvalue weighted by Gasteiger charge is -2.35. The van der Waals surface area contributed by atoms with Gasteiger partial charge in [0.15, 0.2) is 0 Å². The van der Waals surface area contributed by atoms with Crippen LogP contribution >= 0.6 is 0 Å². The number of aromatic nitrogens is 2. The van der Waals surface area contributed by atoms with Crippen LogP contribution < -0.4 is 11.1 Å². The summed E-state index contributed by atoms with van der Waals surface area (Å²) in [7, 11) is 0. The Morgan fingerprint density at radius 3 is 3.37 bits per heavy atom. The SMILES string of the molecule is Cc1cnc(N)nc1NCC1CN2CCCC2CO1. The molecule has 2 saturated heterocycles. The van der Waals surface area contributed by atoms with Crippen molar-refractivity contribution in [2.45, 2.75) is 31.9 Å². The molecule has 3 N–H and O–H groups in total. The van der Waals surface area contributed by atoms with Gasteiger partial charge < -0.3 is 15.8 Å². The molecular formula is C13H21N5O. The van der Waals surface area contributed by atoms with E-state index in [9.17, 15) is 0 Å². The maximum Gasteiger partial charge on any atom is 0.221 e. The molecule has 6 heteroatoms. The van der Waals surface area contributed by atoms with E-state index in [2.05, 4.69) is 20.2 Å². The quantitative estimate of drug-likeness (QED) is 0.833. The van der Waals surface area contributed by atoms with Crippen LogP contribution in [-0.4, -0.2) is 53.3 Å². The highest BCUT2D eigenvalue weighted by Gasteiger charge is 2.31. The van der Waals surface area contributed by atoms with Crippen LogP contribution in [0.15, 0.2) is 6.20 Å². The van der Waals surface area contributed by atoms with E-state index in [1.807, 2.05) is 6.92 Å². The molecule has 2 atom stereocenters. The molecule has 1 aromatic rings. The molecule has 0 amide bonds. The van der Waals surface area contributed by atoms with Gasteiger partial charge in [0.2, 0.25) is 5.95 Å². The normalized spacial score (nSPS) is 27.2. The number of nitrogens with zero attached hydrogens (tertiary/aromatic N) is 3. The Bertz CT molecular complexity index is 453. The highest BCUT2D eigenvalue weighted by molar-refractivity contribution is 5.45. The van der Waals surface area contributed by atoms with E-state index >= 15 is 0 Å². The number of aryl methyl sites for hydroxylation is 1. The standard InChI is InChI=1S/C13H21N5O/c1-9-5-16-13(14)17-12(9)15-6-11-7-18-4-2-3-10(18)8-19-11/h5,10-11H,2-4,6-8H2,1H3,(H3,14,15,16,17). The van der Waals surface area contributed by atoms with Gasteiger partial charge in [-0.3, -0.25) is 4.90 Å². The van der Waals surface area contributed by atoms with Crippen LogP contribution in [0.4, 0.5) is 11.8 Å². The number of hydrogen-bond donors (Lipinski definition) is 2. The average Bonchev–Trinajstić information content (AvgIpc) is 2.87. The topological polar surface area (TPSA) is 76.3 Å². The fraction of sp³-hybridized carbons (Fsp3) is 0.692. The molecule has 0 aliphatic carbocycles. The second-order valence-corrected chi connectivity index (χ2v) is 5.39. The lowest BCUT2D eigenvalue weighted by molar-refractivity contribution is -0.0416. The Morgan fingerprint density at radius 2 is 2.47 bits per heavy atom. The van der Waals surface area contributed by atoms with Crippen LogP contribution in [0.2, 0.25) is 0 Å². The molecule has 2 unspecified atom stereocenters. The molecule has 19 heavy (non-hydrogen) atoms. The van der Waals surface area contributed by atoms with Gasteiger partial charge in [0.25, 0.3) is 0 Å². The number of morpholine rings is 1. The molecule has 3 heterocycles. The summed E-state index contributed by atoms with van der Waals surface area (Å²) >= 11 is 0. The van der Waals surface area contributed by atoms with Crippen LogP contribution in [0.25, 0.3) is 0 Å². The highest BCUT2D eigenvalue weighted by atomic mass is 16.5. The monoisotopic (exact) mass is 263 g/mol. The van der Waals surface area contributed by atoms with Gasteiger partial charge in [0.05, 0.1) is 12.7 Å². The fourth-order valence-corrected chi connectivity index (χ4v) is 2.85. The van der Waals surface area contributed by atoms with Gasteiger partial charge >= 0.3 is 0 Å². The Kier molecular flexibility index (Phi) is 3.52. The van der Waals surface area contributed by atoms with E-state index in [4.69, 9.17) is 10.5 Å². The summed E-state index contributed by atoms with van der Waals surface area (Å²) in [5.41, 5.74) is 6.61. The van der Waals surface area contributed by atoms with Crippen molar-refractivity contribution in [2.24, 2.45) is 0 Å². The lowest BCUT2D eigenvalue weighted by Crippen LogP contribution is -2.48. The molecule has 0 saturated carbocycles. The minimum Gasteiger partial charge on any atom is -0.373 e. The van der Waals surface area contributed by atoms with E-state index in [-0.39, 0.29) is 6.10 Å². The maximum absolute atomic E-state index is 5.90. The lowest BCUT2D eigenvalue weighted by atomic mass is 10.2. The smallest absolute Gasteiger partial charge is 0.221 e. The Hall–Kier alpha value is -1.40. The predicted molar refractivity (Wildman–Crippen MR) is 74.0 cm³/mol. The van der Waals surface area contributed by atoms with Gasteiger partial charge in [-0.1, -0.05) is 0 Å². The molecule has 2 aliphatic heterocycles. The first-order valence-corrected chi connectivity index (χ1v) is 6.91. The van der Waals surface area contributed by atoms with Crippen molar-refractivity contribution in [1.29, 1.82) is 0 Å². The first-order valence-electron chi connectivity index (χ1n) is 6.91. The Labute approximate surface area is 113 Å². The summed E-state index contributed by atoms with van der Waals surface area (Å²) in [4.78, 5) is 10.7. The molecule has 6 nitrogen and oxygen atoms in total. The van der Waals surface area contributed by atoms with Gasteiger partial charge in [0.1, 0.15) is 5.82 Å².